The number of aryl methyl sites for hydroxylation is 1. The van der Waals surface area contributed by atoms with Gasteiger partial charge in [-0.05, 0) is 39.2 Å². The molecule has 1 saturated heterocycles. The maximum absolute atomic E-state index is 14.2. The van der Waals surface area contributed by atoms with Crippen molar-refractivity contribution < 1.29 is 18.3 Å². The first-order valence-electron chi connectivity index (χ1n) is 12.0. The molecule has 11 nitrogen and oxygen atoms in total. The van der Waals surface area contributed by atoms with Gasteiger partial charge in [-0.25, -0.2) is 13.8 Å². The maximum atomic E-state index is 14.2. The highest BCUT2D eigenvalue weighted by Gasteiger charge is 2.26. The normalized spacial score (nSPS) is 14.3. The average molecular weight is 514 g/mol. The fraction of sp³-hybridized carbons (Fsp3) is 0.458. The highest BCUT2D eigenvalue weighted by Crippen LogP contribution is 2.32. The minimum absolute atomic E-state index is 0.0536. The first-order chi connectivity index (χ1) is 17.9. The quantitative estimate of drug-likeness (QED) is 0.335. The Hall–Kier alpha value is -3.71. The van der Waals surface area contributed by atoms with Gasteiger partial charge in [0, 0.05) is 25.8 Å². The number of hydrogen-bond acceptors (Lipinski definition) is 9. The molecule has 0 spiro atoms. The minimum atomic E-state index is -2.86. The van der Waals surface area contributed by atoms with Crippen molar-refractivity contribution in [3.05, 3.63) is 36.4 Å². The molecule has 4 aromatic rings. The second kappa shape index (κ2) is 10.7. The van der Waals surface area contributed by atoms with Crippen LogP contribution in [0.4, 0.5) is 14.7 Å². The largest absolute Gasteiger partial charge is 0.494 e. The number of para-hydroxylation sites is 1. The molecule has 0 saturated carbocycles. The second-order valence-corrected chi connectivity index (χ2v) is 8.94. The van der Waals surface area contributed by atoms with Crippen LogP contribution in [0.2, 0.25) is 0 Å². The molecule has 0 unspecified atom stereocenters. The van der Waals surface area contributed by atoms with Gasteiger partial charge in [-0.1, -0.05) is 6.07 Å². The summed E-state index contributed by atoms with van der Waals surface area (Å²) in [6, 6.07) is 5.09. The summed E-state index contributed by atoms with van der Waals surface area (Å²) in [5.74, 6) is 0.700. The fourth-order valence-corrected chi connectivity index (χ4v) is 4.25. The van der Waals surface area contributed by atoms with Gasteiger partial charge in [0.15, 0.2) is 11.6 Å². The molecule has 1 aliphatic heterocycles. The van der Waals surface area contributed by atoms with E-state index < -0.39 is 12.2 Å². The molecule has 0 amide bonds. The van der Waals surface area contributed by atoms with E-state index in [-0.39, 0.29) is 5.95 Å². The van der Waals surface area contributed by atoms with Gasteiger partial charge in [0.05, 0.1) is 37.6 Å². The first-order valence-corrected chi connectivity index (χ1v) is 12.0. The molecule has 5 rings (SSSR count). The van der Waals surface area contributed by atoms with Crippen molar-refractivity contribution in [2.75, 3.05) is 59.0 Å². The van der Waals surface area contributed by atoms with Gasteiger partial charge in [-0.2, -0.15) is 20.1 Å². The highest BCUT2D eigenvalue weighted by molar-refractivity contribution is 5.84. The van der Waals surface area contributed by atoms with Crippen molar-refractivity contribution in [1.29, 1.82) is 0 Å². The van der Waals surface area contributed by atoms with Gasteiger partial charge in [-0.15, -0.1) is 0 Å². The number of fused-ring (bicyclic) bond motifs is 1. The number of rotatable bonds is 9. The van der Waals surface area contributed by atoms with Gasteiger partial charge < -0.3 is 19.3 Å². The third kappa shape index (κ3) is 5.23. The van der Waals surface area contributed by atoms with E-state index in [1.807, 2.05) is 29.9 Å². The first kappa shape index (κ1) is 25.0. The molecule has 0 N–H and O–H groups in total. The van der Waals surface area contributed by atoms with E-state index in [4.69, 9.17) is 9.47 Å². The molecule has 0 aliphatic carbocycles. The molecule has 196 valence electrons. The molecule has 1 aliphatic rings. The summed E-state index contributed by atoms with van der Waals surface area (Å²) in [4.78, 5) is 22.2. The lowest BCUT2D eigenvalue weighted by atomic mass is 10.3. The molecule has 4 heterocycles. The number of methoxy groups -OCH3 is 1. The van der Waals surface area contributed by atoms with Crippen LogP contribution in [0.25, 0.3) is 28.4 Å². The van der Waals surface area contributed by atoms with Crippen molar-refractivity contribution in [1.82, 2.24) is 39.2 Å². The average Bonchev–Trinajstić information content (AvgIpc) is 3.54. The van der Waals surface area contributed by atoms with Crippen LogP contribution in [0.3, 0.4) is 0 Å². The summed E-state index contributed by atoms with van der Waals surface area (Å²) in [5, 5.41) is 4.45. The Bertz CT molecular complexity index is 1370. The number of morpholine rings is 1. The maximum Gasteiger partial charge on any atom is 0.296 e. The van der Waals surface area contributed by atoms with Crippen LogP contribution < -0.4 is 9.64 Å². The van der Waals surface area contributed by atoms with Crippen LogP contribution in [0.1, 0.15) is 18.7 Å². The predicted molar refractivity (Wildman–Crippen MR) is 133 cm³/mol. The van der Waals surface area contributed by atoms with E-state index >= 15 is 0 Å². The zero-order valence-corrected chi connectivity index (χ0v) is 21.0. The lowest BCUT2D eigenvalue weighted by Crippen LogP contribution is -2.37. The molecule has 37 heavy (non-hydrogen) atoms. The van der Waals surface area contributed by atoms with E-state index in [0.717, 1.165) is 19.5 Å². The molecule has 1 aromatic carbocycles. The third-order valence-corrected chi connectivity index (χ3v) is 6.08. The van der Waals surface area contributed by atoms with Gasteiger partial charge in [0.25, 0.3) is 6.43 Å². The van der Waals surface area contributed by atoms with E-state index in [9.17, 15) is 8.78 Å². The van der Waals surface area contributed by atoms with Crippen molar-refractivity contribution in [3.63, 3.8) is 0 Å². The fourth-order valence-electron chi connectivity index (χ4n) is 4.25. The van der Waals surface area contributed by atoms with E-state index in [0.29, 0.717) is 60.4 Å². The smallest absolute Gasteiger partial charge is 0.296 e. The molecule has 13 heteroatoms. The summed E-state index contributed by atoms with van der Waals surface area (Å²) < 4.78 is 42.4. The van der Waals surface area contributed by atoms with Crippen molar-refractivity contribution in [3.8, 4) is 23.1 Å². The molecule has 1 fully saturated rings. The molecular formula is C24H29F2N9O2. The Kier molecular flexibility index (Phi) is 7.24. The van der Waals surface area contributed by atoms with Crippen molar-refractivity contribution in [2.24, 2.45) is 0 Å². The molecule has 3 aromatic heterocycles. The summed E-state index contributed by atoms with van der Waals surface area (Å²) in [5.41, 5.74) is 1.40. The summed E-state index contributed by atoms with van der Waals surface area (Å²) in [7, 11) is 5.53. The Morgan fingerprint density at radius 1 is 1.08 bits per heavy atom. The SMILES string of the molecule is COc1cccc2c1nc(C(F)F)n2-c1nc(-c2cnn(CCCN(C)C)c2)nc(N2CCOCC2)n1. The number of alkyl halides is 2. The molecular weight excluding hydrogens is 484 g/mol. The van der Waals surface area contributed by atoms with Crippen LogP contribution in [0.15, 0.2) is 30.6 Å². The predicted octanol–water partition coefficient (Wildman–Crippen LogP) is 2.81. The van der Waals surface area contributed by atoms with Gasteiger partial charge >= 0.3 is 0 Å². The topological polar surface area (TPSA) is 99.2 Å². The summed E-state index contributed by atoms with van der Waals surface area (Å²) >= 11 is 0. The van der Waals surface area contributed by atoms with Crippen LogP contribution in [-0.4, -0.2) is 93.2 Å². The number of halogens is 2. The molecule has 0 bridgehead atoms. The van der Waals surface area contributed by atoms with Gasteiger partial charge in [-0.3, -0.25) is 9.25 Å². The zero-order chi connectivity index (χ0) is 25.9. The third-order valence-electron chi connectivity index (χ3n) is 6.08. The molecule has 0 atom stereocenters. The van der Waals surface area contributed by atoms with Crippen molar-refractivity contribution >= 4 is 17.0 Å². The van der Waals surface area contributed by atoms with Gasteiger partial charge in [0.1, 0.15) is 11.3 Å². The Balaban J connectivity index is 1.62. The lowest BCUT2D eigenvalue weighted by Gasteiger charge is -2.27. The summed E-state index contributed by atoms with van der Waals surface area (Å²) in [6.07, 6.45) is 1.61. The number of aromatic nitrogens is 7. The summed E-state index contributed by atoms with van der Waals surface area (Å²) in [6.45, 7) is 3.86. The second-order valence-electron chi connectivity index (χ2n) is 8.94. The zero-order valence-electron chi connectivity index (χ0n) is 21.0. The van der Waals surface area contributed by atoms with E-state index in [1.54, 1.807) is 24.4 Å². The van der Waals surface area contributed by atoms with Crippen molar-refractivity contribution in [2.45, 2.75) is 19.4 Å². The number of hydrogen-bond donors (Lipinski definition) is 0. The standard InChI is InChI=1S/C24H29F2N9O2/c1-32(2)8-5-9-34-15-16(14-27-34)21-29-23(33-10-12-37-13-11-33)31-24(30-21)35-17-6-4-7-18(36-3)19(17)28-22(35)20(25)26/h4,6-7,14-15,20H,5,8-13H2,1-3H3. The number of benzene rings is 1. The number of nitrogens with zero attached hydrogens (tertiary/aromatic N) is 9. The Morgan fingerprint density at radius 2 is 1.86 bits per heavy atom. The van der Waals surface area contributed by atoms with E-state index in [2.05, 4.69) is 29.9 Å². The monoisotopic (exact) mass is 513 g/mol. The van der Waals surface area contributed by atoms with E-state index in [1.165, 1.54) is 11.7 Å². The lowest BCUT2D eigenvalue weighted by molar-refractivity contribution is 0.122. The number of imidazole rings is 1. The minimum Gasteiger partial charge on any atom is -0.494 e. The number of anilines is 1. The van der Waals surface area contributed by atoms with Crippen LogP contribution in [0, 0.1) is 0 Å². The van der Waals surface area contributed by atoms with Crippen LogP contribution in [0.5, 0.6) is 5.75 Å². The Morgan fingerprint density at radius 3 is 2.59 bits per heavy atom. The highest BCUT2D eigenvalue weighted by atomic mass is 19.3. The molecule has 0 radical (unpaired) electrons. The Labute approximate surface area is 212 Å². The van der Waals surface area contributed by atoms with Gasteiger partial charge in [0.2, 0.25) is 11.9 Å². The van der Waals surface area contributed by atoms with Crippen LogP contribution in [-0.2, 0) is 11.3 Å². The number of ether oxygens (including phenoxy) is 2. The van der Waals surface area contributed by atoms with Crippen LogP contribution >= 0.6 is 0 Å².